The first-order valence-electron chi connectivity index (χ1n) is 30.6. The van der Waals surface area contributed by atoms with E-state index in [-0.39, 0.29) is 77.2 Å². The summed E-state index contributed by atoms with van der Waals surface area (Å²) in [6, 6.07) is 2.70. The first kappa shape index (κ1) is 68.9. The van der Waals surface area contributed by atoms with Crippen molar-refractivity contribution in [3.8, 4) is 0 Å². The Morgan fingerprint density at radius 3 is 1.99 bits per heavy atom. The van der Waals surface area contributed by atoms with E-state index in [0.29, 0.717) is 56.4 Å². The molecule has 15 atom stereocenters. The fourth-order valence-electron chi connectivity index (χ4n) is 15.4. The second-order valence-corrected chi connectivity index (χ2v) is 28.4. The number of aryl methyl sites for hydroxylation is 2. The average molecular weight is 1270 g/mol. The molecule has 1 aromatic carbocycles. The van der Waals surface area contributed by atoms with E-state index in [1.165, 1.54) is 13.3 Å². The third-order valence-corrected chi connectivity index (χ3v) is 21.7. The molecule has 4 unspecified atom stereocenters. The summed E-state index contributed by atoms with van der Waals surface area (Å²) in [6.07, 6.45) is -4.26. The molecule has 2 fully saturated rings. The van der Waals surface area contributed by atoms with Crippen LogP contribution in [0.4, 0.5) is 0 Å². The molecular formula is C62H90N13O14P. The van der Waals surface area contributed by atoms with Gasteiger partial charge in [-0.3, -0.25) is 57.6 Å². The molecule has 7 heterocycles. The van der Waals surface area contributed by atoms with Crippen molar-refractivity contribution in [2.75, 3.05) is 13.2 Å². The van der Waals surface area contributed by atoms with Gasteiger partial charge in [0.05, 0.1) is 41.7 Å². The van der Waals surface area contributed by atoms with Gasteiger partial charge >= 0.3 is 7.82 Å². The molecule has 7 amide bonds. The fraction of sp³-hybridized carbons (Fsp3) is 0.629. The Morgan fingerprint density at radius 2 is 1.40 bits per heavy atom. The summed E-state index contributed by atoms with van der Waals surface area (Å²) in [5.74, 6) is -7.18. The SMILES string of the molecule is CC1=C2N=C(C=C3NC(=C(C)C4=N[C@@](C)([C@@H]5N=C1[C@](C)(CCC(=O)NC[C@@H](C)OP(=O)(O)OC1C(O)C(n6cnc7cc(C)c(C)cc76)O[C@@H]1CO)[C@H]5CC(N)=O)[C@@](C)(CC(N)=O)[C@@H]4CCC(N)=O)[C@@](C)(CC(N)=O)[C@@H]3CCC(N)=O)C(C)(C)[C@@H]2CCC(N)=O. The number of aromatic nitrogens is 2. The first-order chi connectivity index (χ1) is 41.8. The summed E-state index contributed by atoms with van der Waals surface area (Å²) in [7, 11) is -5.07. The topological polar surface area (TPSA) is 460 Å². The van der Waals surface area contributed by atoms with Crippen LogP contribution in [0.25, 0.3) is 11.0 Å². The van der Waals surface area contributed by atoms with Crippen molar-refractivity contribution in [2.24, 2.45) is 94.7 Å². The Bertz CT molecular complexity index is 3540. The van der Waals surface area contributed by atoms with Gasteiger partial charge in [0, 0.05) is 131 Å². The van der Waals surface area contributed by atoms with Crippen LogP contribution in [0.5, 0.6) is 0 Å². The lowest BCUT2D eigenvalue weighted by Gasteiger charge is -2.48. The number of carbonyl (C=O) groups is 7. The van der Waals surface area contributed by atoms with Crippen molar-refractivity contribution in [1.29, 1.82) is 0 Å². The zero-order valence-corrected chi connectivity index (χ0v) is 54.1. The number of benzene rings is 1. The van der Waals surface area contributed by atoms with Crippen LogP contribution >= 0.6 is 7.82 Å². The molecule has 2 aromatic rings. The third kappa shape index (κ3) is 13.0. The Kier molecular flexibility index (Phi) is 19.6. The van der Waals surface area contributed by atoms with Gasteiger partial charge in [0.1, 0.15) is 18.3 Å². The number of amides is 7. The molecule has 0 aliphatic carbocycles. The maximum atomic E-state index is 14.4. The van der Waals surface area contributed by atoms with E-state index in [0.717, 1.165) is 11.1 Å². The van der Waals surface area contributed by atoms with Gasteiger partial charge in [0.2, 0.25) is 41.4 Å². The number of hydrogen-bond acceptors (Lipinski definition) is 18. The van der Waals surface area contributed by atoms with E-state index >= 15 is 0 Å². The summed E-state index contributed by atoms with van der Waals surface area (Å²) in [5.41, 5.74) is 37.4. The molecule has 17 N–H and O–H groups in total. The second kappa shape index (κ2) is 25.6. The standard InChI is InChI=1S/C62H90N13O14P/c1-29-20-39-40(21-30(29)2)75(28-70-39)57-52(84)53(41(27-76)87-57)89-90(85,86)88-31(3)26-69-49(83)18-19-59(8)37(22-46(66)80)56-62(11)61(10,25-48(68)82)36(14-17-45(65)79)51(74-62)33(5)55-60(9,24-47(67)81)34(12-15-43(63)77)38(71-55)23-42-58(6,7)35(13-16-44(64)78)50(72-42)32(4)54(59)73-56/h20-21,23,28,31,34-37,41,52-53,56-57,71,76,84H,12-19,22,24-27H2,1-11H3,(H2,63,77)(H2,64,78)(H2,65,79)(H2,66,80)(H2,67,81)(H2,68,82)(H,69,83)(H,85,86)/t31-,34-,35-,36-,37+,41-,52?,53?,56-,57?,59-,60+,61+,62+/m1/s1. The van der Waals surface area contributed by atoms with Crippen LogP contribution in [0.1, 0.15) is 150 Å². The van der Waals surface area contributed by atoms with Crippen molar-refractivity contribution in [1.82, 2.24) is 20.2 Å². The molecule has 1 aromatic heterocycles. The van der Waals surface area contributed by atoms with Gasteiger partial charge in [-0.05, 0) is 108 Å². The summed E-state index contributed by atoms with van der Waals surface area (Å²) in [5, 5.41) is 28.2. The number of phosphoric acid groups is 1. The number of nitrogens with two attached hydrogens (primary N) is 6. The number of fused-ring (bicyclic) bond motifs is 7. The molecule has 90 heavy (non-hydrogen) atoms. The molecule has 492 valence electrons. The number of hydrogen-bond donors (Lipinski definition) is 11. The highest BCUT2D eigenvalue weighted by Gasteiger charge is 2.66. The van der Waals surface area contributed by atoms with Crippen molar-refractivity contribution in [2.45, 2.75) is 189 Å². The summed E-state index contributed by atoms with van der Waals surface area (Å²) < 4.78 is 32.3. The number of nitrogens with zero attached hydrogens (tertiary/aromatic N) is 5. The lowest BCUT2D eigenvalue weighted by Crippen LogP contribution is -2.56. The van der Waals surface area contributed by atoms with Gasteiger partial charge in [-0.25, -0.2) is 9.55 Å². The molecule has 8 rings (SSSR count). The fourth-order valence-corrected chi connectivity index (χ4v) is 16.6. The average Bonchev–Trinajstić information content (AvgIpc) is 1.53. The number of aliphatic hydroxyl groups is 2. The van der Waals surface area contributed by atoms with Gasteiger partial charge < -0.3 is 69.4 Å². The molecule has 0 radical (unpaired) electrons. The molecule has 0 spiro atoms. The summed E-state index contributed by atoms with van der Waals surface area (Å²) >= 11 is 0. The number of allylic oxidation sites excluding steroid dienone is 6. The largest absolute Gasteiger partial charge is 0.472 e. The molecule has 0 saturated carbocycles. The Balaban J connectivity index is 1.19. The normalized spacial score (nSPS) is 32.0. The molecule has 27 nitrogen and oxygen atoms in total. The van der Waals surface area contributed by atoms with E-state index in [1.54, 1.807) is 4.57 Å². The Labute approximate surface area is 523 Å². The minimum Gasteiger partial charge on any atom is -0.394 e. The molecule has 8 bridgehead atoms. The van der Waals surface area contributed by atoms with Gasteiger partial charge in [-0.15, -0.1) is 0 Å². The number of rotatable bonds is 26. The van der Waals surface area contributed by atoms with Crippen LogP contribution in [-0.4, -0.2) is 132 Å². The van der Waals surface area contributed by atoms with Crippen LogP contribution in [0, 0.1) is 59.2 Å². The van der Waals surface area contributed by atoms with Crippen molar-refractivity contribution >= 4 is 77.3 Å². The molecule has 28 heteroatoms. The Hall–Kier alpha value is -7.00. The van der Waals surface area contributed by atoms with Crippen LogP contribution in [0.2, 0.25) is 0 Å². The monoisotopic (exact) mass is 1270 g/mol. The van der Waals surface area contributed by atoms with E-state index in [9.17, 15) is 53.2 Å². The number of aliphatic imine (C=N–C) groups is 3. The predicted molar refractivity (Wildman–Crippen MR) is 334 cm³/mol. The zero-order valence-electron chi connectivity index (χ0n) is 53.3. The van der Waals surface area contributed by atoms with Gasteiger partial charge in [-0.1, -0.05) is 34.6 Å². The number of aliphatic hydroxyl groups excluding tert-OH is 2. The highest BCUT2D eigenvalue weighted by Crippen LogP contribution is 2.63. The van der Waals surface area contributed by atoms with Crippen LogP contribution in [-0.2, 0) is 51.9 Å². The van der Waals surface area contributed by atoms with Crippen molar-refractivity contribution in [3.05, 3.63) is 63.9 Å². The van der Waals surface area contributed by atoms with Gasteiger partial charge in [-0.2, -0.15) is 0 Å². The van der Waals surface area contributed by atoms with E-state index in [4.69, 9.17) is 63.2 Å². The summed E-state index contributed by atoms with van der Waals surface area (Å²) in [4.78, 5) is 126. The van der Waals surface area contributed by atoms with Crippen LogP contribution in [0.3, 0.4) is 0 Å². The minimum atomic E-state index is -5.07. The van der Waals surface area contributed by atoms with Gasteiger partial charge in [0.25, 0.3) is 0 Å². The van der Waals surface area contributed by atoms with Crippen LogP contribution < -0.4 is 45.0 Å². The number of phosphoric ester groups is 1. The quantitative estimate of drug-likeness (QED) is 0.0603. The first-order valence-corrected chi connectivity index (χ1v) is 32.1. The number of nitrogens with one attached hydrogen (secondary N) is 2. The highest BCUT2D eigenvalue weighted by atomic mass is 31.2. The van der Waals surface area contributed by atoms with E-state index < -0.39 is 143 Å². The maximum absolute atomic E-state index is 14.4. The molecule has 2 saturated heterocycles. The highest BCUT2D eigenvalue weighted by molar-refractivity contribution is 7.47. The lowest BCUT2D eigenvalue weighted by molar-refractivity contribution is -0.124. The summed E-state index contributed by atoms with van der Waals surface area (Å²) in [6.45, 7) is 19.3. The molecular weight excluding hydrogens is 1180 g/mol. The number of carbonyl (C=O) groups excluding carboxylic acids is 7. The number of primary amides is 6. The minimum absolute atomic E-state index is 0.0114. The molecule has 6 aliphatic heterocycles. The van der Waals surface area contributed by atoms with Crippen molar-refractivity contribution in [3.63, 3.8) is 0 Å². The van der Waals surface area contributed by atoms with E-state index in [1.807, 2.05) is 87.4 Å². The van der Waals surface area contributed by atoms with E-state index in [2.05, 4.69) is 15.6 Å². The number of ether oxygens (including phenoxy) is 1. The molecule has 6 aliphatic rings. The smallest absolute Gasteiger partial charge is 0.394 e. The van der Waals surface area contributed by atoms with Crippen molar-refractivity contribution < 1.29 is 67.0 Å². The van der Waals surface area contributed by atoms with Crippen LogP contribution in [0.15, 0.2) is 67.8 Å². The number of imidazole rings is 1. The zero-order chi connectivity index (χ0) is 66.7. The second-order valence-electron chi connectivity index (χ2n) is 27.1. The predicted octanol–water partition coefficient (Wildman–Crippen LogP) is 3.16. The Morgan fingerprint density at radius 1 is 0.800 bits per heavy atom. The maximum Gasteiger partial charge on any atom is 0.472 e. The van der Waals surface area contributed by atoms with Gasteiger partial charge in [0.15, 0.2) is 6.23 Å². The third-order valence-electron chi connectivity index (χ3n) is 20.6. The lowest BCUT2D eigenvalue weighted by atomic mass is 9.55.